The maximum Gasteiger partial charge on any atom is 0.317 e. The van der Waals surface area contributed by atoms with E-state index in [1.54, 1.807) is 4.90 Å². The molecule has 0 saturated carbocycles. The number of hydrogen-bond acceptors (Lipinski definition) is 3. The number of rotatable bonds is 10. The van der Waals surface area contributed by atoms with Crippen LogP contribution < -0.4 is 5.32 Å². The number of amides is 2. The number of nitrogens with one attached hydrogen (secondary N) is 1. The van der Waals surface area contributed by atoms with E-state index in [0.29, 0.717) is 19.4 Å². The van der Waals surface area contributed by atoms with Crippen LogP contribution in [0.25, 0.3) is 0 Å². The quantitative estimate of drug-likeness (QED) is 0.640. The second-order valence-corrected chi connectivity index (χ2v) is 5.37. The Hall–Kier alpha value is -1.30. The highest BCUT2D eigenvalue weighted by atomic mass is 16.4. The van der Waals surface area contributed by atoms with Crippen LogP contribution in [0.4, 0.5) is 4.79 Å². The van der Waals surface area contributed by atoms with Crippen molar-refractivity contribution in [2.45, 2.75) is 45.6 Å². The van der Waals surface area contributed by atoms with E-state index in [4.69, 9.17) is 5.11 Å². The van der Waals surface area contributed by atoms with Gasteiger partial charge in [0.25, 0.3) is 0 Å². The van der Waals surface area contributed by atoms with E-state index in [1.807, 2.05) is 27.9 Å². The molecule has 0 heterocycles. The van der Waals surface area contributed by atoms with Crippen LogP contribution in [-0.2, 0) is 4.79 Å². The lowest BCUT2D eigenvalue weighted by molar-refractivity contribution is -0.137. The van der Waals surface area contributed by atoms with Crippen molar-refractivity contribution in [3.63, 3.8) is 0 Å². The Balaban J connectivity index is 3.97. The molecule has 0 aromatic carbocycles. The van der Waals surface area contributed by atoms with Gasteiger partial charge in [0.15, 0.2) is 0 Å². The largest absolute Gasteiger partial charge is 0.481 e. The smallest absolute Gasteiger partial charge is 0.317 e. The third-order valence-corrected chi connectivity index (χ3v) is 3.10. The molecule has 0 aliphatic carbocycles. The molecule has 2 amide bonds. The van der Waals surface area contributed by atoms with E-state index in [9.17, 15) is 9.59 Å². The van der Waals surface area contributed by atoms with Crippen molar-refractivity contribution in [3.8, 4) is 0 Å². The minimum absolute atomic E-state index is 0.00440. The van der Waals surface area contributed by atoms with Gasteiger partial charge >= 0.3 is 12.0 Å². The van der Waals surface area contributed by atoms with Gasteiger partial charge in [-0.15, -0.1) is 0 Å². The van der Waals surface area contributed by atoms with E-state index in [0.717, 1.165) is 19.5 Å². The number of carbonyl (C=O) groups is 2. The summed E-state index contributed by atoms with van der Waals surface area (Å²) in [5.41, 5.74) is 0. The molecule has 0 aliphatic rings. The summed E-state index contributed by atoms with van der Waals surface area (Å²) in [6.07, 6.45) is 2.37. The molecule has 6 heteroatoms. The molecule has 6 nitrogen and oxygen atoms in total. The monoisotopic (exact) mass is 287 g/mol. The summed E-state index contributed by atoms with van der Waals surface area (Å²) in [4.78, 5) is 26.4. The first-order valence-electron chi connectivity index (χ1n) is 7.28. The number of nitrogens with zero attached hydrogens (tertiary/aromatic N) is 2. The lowest BCUT2D eigenvalue weighted by atomic mass is 10.1. The van der Waals surface area contributed by atoms with Gasteiger partial charge in [0.2, 0.25) is 0 Å². The van der Waals surface area contributed by atoms with Crippen LogP contribution in [0.15, 0.2) is 0 Å². The molecule has 1 unspecified atom stereocenters. The Labute approximate surface area is 122 Å². The zero-order valence-corrected chi connectivity index (χ0v) is 13.2. The molecule has 0 spiro atoms. The number of hydrogen-bond donors (Lipinski definition) is 2. The second-order valence-electron chi connectivity index (χ2n) is 5.37. The zero-order valence-electron chi connectivity index (χ0n) is 13.2. The van der Waals surface area contributed by atoms with Crippen LogP contribution in [-0.4, -0.2) is 66.7 Å². The van der Waals surface area contributed by atoms with E-state index >= 15 is 0 Å². The minimum Gasteiger partial charge on any atom is -0.481 e. The van der Waals surface area contributed by atoms with E-state index in [2.05, 4.69) is 10.2 Å². The second kappa shape index (κ2) is 10.5. The standard InChI is InChI=1S/C14H29N3O3/c1-5-17(11-7-10-16(3)4)14(20)15-12(2)8-6-9-13(18)19/h12H,5-11H2,1-4H3,(H,15,20)(H,18,19). The molecule has 20 heavy (non-hydrogen) atoms. The summed E-state index contributed by atoms with van der Waals surface area (Å²) in [6.45, 7) is 6.25. The third kappa shape index (κ3) is 9.61. The Morgan fingerprint density at radius 2 is 1.85 bits per heavy atom. The Bertz CT molecular complexity index is 295. The predicted octanol–water partition coefficient (Wildman–Crippen LogP) is 1.61. The zero-order chi connectivity index (χ0) is 15.5. The molecule has 0 radical (unpaired) electrons. The molecule has 0 bridgehead atoms. The van der Waals surface area contributed by atoms with Gasteiger partial charge in [-0.3, -0.25) is 4.79 Å². The summed E-state index contributed by atoms with van der Waals surface area (Å²) in [5, 5.41) is 11.5. The van der Waals surface area contributed by atoms with Gasteiger partial charge in [0.05, 0.1) is 0 Å². The average Bonchev–Trinajstić information content (AvgIpc) is 2.33. The molecular formula is C14H29N3O3. The fourth-order valence-corrected chi connectivity index (χ4v) is 1.91. The molecule has 0 aliphatic heterocycles. The van der Waals surface area contributed by atoms with Gasteiger partial charge in [0.1, 0.15) is 0 Å². The number of urea groups is 1. The normalized spacial score (nSPS) is 12.2. The van der Waals surface area contributed by atoms with E-state index in [-0.39, 0.29) is 18.5 Å². The summed E-state index contributed by atoms with van der Waals surface area (Å²) in [7, 11) is 4.03. The highest BCUT2D eigenvalue weighted by Gasteiger charge is 2.14. The van der Waals surface area contributed by atoms with Crippen LogP contribution in [0, 0.1) is 0 Å². The molecule has 0 aromatic rings. The van der Waals surface area contributed by atoms with Crippen molar-refractivity contribution in [1.82, 2.24) is 15.1 Å². The number of carbonyl (C=O) groups excluding carboxylic acids is 1. The van der Waals surface area contributed by atoms with E-state index < -0.39 is 5.97 Å². The van der Waals surface area contributed by atoms with Crippen molar-refractivity contribution in [1.29, 1.82) is 0 Å². The Morgan fingerprint density at radius 1 is 1.20 bits per heavy atom. The number of carboxylic acids is 1. The van der Waals surface area contributed by atoms with Crippen LogP contribution in [0.3, 0.4) is 0 Å². The van der Waals surface area contributed by atoms with E-state index in [1.165, 1.54) is 0 Å². The Kier molecular flexibility index (Phi) is 9.80. The first-order valence-corrected chi connectivity index (χ1v) is 7.28. The fraction of sp³-hybridized carbons (Fsp3) is 0.857. The van der Waals surface area contributed by atoms with Crippen molar-refractivity contribution in [2.24, 2.45) is 0 Å². The first kappa shape index (κ1) is 18.7. The maximum atomic E-state index is 12.0. The van der Waals surface area contributed by atoms with Crippen LogP contribution in [0.1, 0.15) is 39.5 Å². The van der Waals surface area contributed by atoms with Crippen molar-refractivity contribution in [2.75, 3.05) is 33.7 Å². The summed E-state index contributed by atoms with van der Waals surface area (Å²) < 4.78 is 0. The lowest BCUT2D eigenvalue weighted by Gasteiger charge is -2.24. The molecular weight excluding hydrogens is 258 g/mol. The maximum absolute atomic E-state index is 12.0. The summed E-state index contributed by atoms with van der Waals surface area (Å²) in [6, 6.07) is -0.0566. The molecule has 0 aromatic heterocycles. The Morgan fingerprint density at radius 3 is 2.35 bits per heavy atom. The lowest BCUT2D eigenvalue weighted by Crippen LogP contribution is -2.44. The van der Waals surface area contributed by atoms with Gasteiger partial charge in [0, 0.05) is 25.6 Å². The number of carboxylic acid groups (broad SMARTS) is 1. The summed E-state index contributed by atoms with van der Waals surface area (Å²) in [5.74, 6) is -0.789. The highest BCUT2D eigenvalue weighted by Crippen LogP contribution is 2.02. The SMILES string of the molecule is CCN(CCCN(C)C)C(=O)NC(C)CCCC(=O)O. The van der Waals surface area contributed by atoms with Gasteiger partial charge < -0.3 is 20.2 Å². The van der Waals surface area contributed by atoms with Crippen molar-refractivity contribution >= 4 is 12.0 Å². The molecule has 0 saturated heterocycles. The molecule has 2 N–H and O–H groups in total. The molecule has 0 fully saturated rings. The topological polar surface area (TPSA) is 72.9 Å². The molecule has 118 valence electrons. The summed E-state index contributed by atoms with van der Waals surface area (Å²) >= 11 is 0. The fourth-order valence-electron chi connectivity index (χ4n) is 1.91. The average molecular weight is 287 g/mol. The van der Waals surface area contributed by atoms with Crippen LogP contribution >= 0.6 is 0 Å². The van der Waals surface area contributed by atoms with Crippen molar-refractivity contribution < 1.29 is 14.7 Å². The molecule has 1 atom stereocenters. The van der Waals surface area contributed by atoms with Crippen LogP contribution in [0.2, 0.25) is 0 Å². The first-order chi connectivity index (χ1) is 9.36. The predicted molar refractivity (Wildman–Crippen MR) is 79.9 cm³/mol. The van der Waals surface area contributed by atoms with Gasteiger partial charge in [-0.25, -0.2) is 4.79 Å². The van der Waals surface area contributed by atoms with Gasteiger partial charge in [-0.05, 0) is 53.8 Å². The minimum atomic E-state index is -0.789. The van der Waals surface area contributed by atoms with Gasteiger partial charge in [-0.2, -0.15) is 0 Å². The number of aliphatic carboxylic acids is 1. The van der Waals surface area contributed by atoms with Crippen LogP contribution in [0.5, 0.6) is 0 Å². The highest BCUT2D eigenvalue weighted by molar-refractivity contribution is 5.74. The van der Waals surface area contributed by atoms with Crippen molar-refractivity contribution in [3.05, 3.63) is 0 Å². The molecule has 0 rings (SSSR count). The van der Waals surface area contributed by atoms with Gasteiger partial charge in [-0.1, -0.05) is 0 Å². The third-order valence-electron chi connectivity index (χ3n) is 3.10.